The van der Waals surface area contributed by atoms with Gasteiger partial charge >= 0.3 is 0 Å². The van der Waals surface area contributed by atoms with Crippen molar-refractivity contribution in [3.8, 4) is 17.0 Å². The Kier molecular flexibility index (Phi) is 9.05. The summed E-state index contributed by atoms with van der Waals surface area (Å²) in [7, 11) is 3.07. The molecule has 0 N–H and O–H groups in total. The summed E-state index contributed by atoms with van der Waals surface area (Å²) >= 11 is 0. The molecule has 0 bridgehead atoms. The molecular weight excluding hydrogens is 534 g/mol. The monoisotopic (exact) mass is 565 g/mol. The van der Waals surface area contributed by atoms with Gasteiger partial charge in [-0.1, -0.05) is 44.2 Å². The molecule has 1 aromatic heterocycles. The lowest BCUT2D eigenvalue weighted by molar-refractivity contribution is -0.117. The fraction of sp³-hybridized carbons (Fsp3) is 0.281. The number of hydrogen-bond acceptors (Lipinski definition) is 4. The summed E-state index contributed by atoms with van der Waals surface area (Å²) in [6.45, 7) is 5.11. The molecule has 0 radical (unpaired) electrons. The van der Waals surface area contributed by atoms with Gasteiger partial charge in [0.15, 0.2) is 29.1 Å². The van der Waals surface area contributed by atoms with Crippen molar-refractivity contribution in [1.82, 2.24) is 9.97 Å². The second-order valence-corrected chi connectivity index (χ2v) is 9.46. The molecule has 5 nitrogen and oxygen atoms in total. The zero-order valence-corrected chi connectivity index (χ0v) is 23.6. The number of aryl methyl sites for hydroxylation is 2. The number of rotatable bonds is 6. The van der Waals surface area contributed by atoms with Crippen LogP contribution in [0, 0.1) is 30.2 Å². The number of benzene rings is 3. The van der Waals surface area contributed by atoms with Crippen LogP contribution in [0.25, 0.3) is 11.3 Å². The number of carbonyl (C=O) groups is 1. The van der Waals surface area contributed by atoms with Crippen molar-refractivity contribution < 1.29 is 27.1 Å². The Morgan fingerprint density at radius 3 is 2.29 bits per heavy atom. The average Bonchev–Trinajstić information content (AvgIpc) is 3.01. The standard InChI is InChI=1S/C30H25F4N3O2.C2H6/c1-16-21(26(32)28(34)27(33)25(16)31)15-24(38)37(2)30-23(13-17-7-5-4-6-8-17)35-29-20-11-10-19(39-3)14-18(20)9-12-22(29)36-30;1-2/h4-8,10-11,14H,9,12-13,15H2,1-3H3;1-2H3. The van der Waals surface area contributed by atoms with Crippen molar-refractivity contribution in [2.75, 3.05) is 19.1 Å². The molecule has 0 fully saturated rings. The highest BCUT2D eigenvalue weighted by atomic mass is 19.2. The molecule has 1 aliphatic rings. The normalized spacial score (nSPS) is 11.6. The minimum atomic E-state index is -1.95. The van der Waals surface area contributed by atoms with Crippen molar-refractivity contribution in [1.29, 1.82) is 0 Å². The molecule has 0 atom stereocenters. The third kappa shape index (κ3) is 5.80. The lowest BCUT2D eigenvalue weighted by Gasteiger charge is -2.25. The summed E-state index contributed by atoms with van der Waals surface area (Å²) in [5, 5.41) is 0. The smallest absolute Gasteiger partial charge is 0.232 e. The van der Waals surface area contributed by atoms with E-state index in [-0.39, 0.29) is 5.82 Å². The Morgan fingerprint density at radius 2 is 1.61 bits per heavy atom. The van der Waals surface area contributed by atoms with Crippen molar-refractivity contribution in [3.63, 3.8) is 0 Å². The summed E-state index contributed by atoms with van der Waals surface area (Å²) in [5.41, 5.74) is 3.85. The van der Waals surface area contributed by atoms with Crippen molar-refractivity contribution in [2.45, 2.75) is 46.5 Å². The first-order chi connectivity index (χ1) is 19.7. The predicted octanol–water partition coefficient (Wildman–Crippen LogP) is 6.94. The van der Waals surface area contributed by atoms with Crippen molar-refractivity contribution >= 4 is 11.7 Å². The summed E-state index contributed by atoms with van der Waals surface area (Å²) in [6, 6.07) is 15.3. The molecule has 1 amide bonds. The fourth-order valence-electron chi connectivity index (χ4n) is 4.83. The fourth-order valence-corrected chi connectivity index (χ4v) is 4.83. The van der Waals surface area contributed by atoms with Crippen LogP contribution in [-0.4, -0.2) is 30.0 Å². The summed E-state index contributed by atoms with van der Waals surface area (Å²) in [6.07, 6.45) is 0.939. The van der Waals surface area contributed by atoms with Gasteiger partial charge in [0.05, 0.1) is 30.6 Å². The SMILES string of the molecule is CC.COc1ccc2c(c1)CCc1nc(N(C)C(=O)Cc3c(C)c(F)c(F)c(F)c3F)c(Cc3ccccc3)nc1-2. The summed E-state index contributed by atoms with van der Waals surface area (Å²) < 4.78 is 61.6. The number of fused-ring (bicyclic) bond motifs is 3. The molecule has 3 aromatic carbocycles. The number of ether oxygens (including phenoxy) is 1. The van der Waals surface area contributed by atoms with Gasteiger partial charge in [-0.25, -0.2) is 27.5 Å². The van der Waals surface area contributed by atoms with E-state index < -0.39 is 46.7 Å². The van der Waals surface area contributed by atoms with Crippen LogP contribution in [0.1, 0.15) is 47.5 Å². The van der Waals surface area contributed by atoms with Crippen LogP contribution in [0.3, 0.4) is 0 Å². The van der Waals surface area contributed by atoms with Crippen LogP contribution in [-0.2, 0) is 30.5 Å². The Hall–Kier alpha value is -4.27. The number of halogens is 4. The molecule has 0 saturated heterocycles. The average molecular weight is 566 g/mol. The van der Waals surface area contributed by atoms with E-state index in [1.807, 2.05) is 62.4 Å². The van der Waals surface area contributed by atoms with Gasteiger partial charge in [-0.2, -0.15) is 0 Å². The van der Waals surface area contributed by atoms with E-state index in [9.17, 15) is 22.4 Å². The van der Waals surface area contributed by atoms with Gasteiger partial charge in [-0.05, 0) is 54.7 Å². The zero-order valence-electron chi connectivity index (χ0n) is 23.6. The van der Waals surface area contributed by atoms with Gasteiger partial charge in [0, 0.05) is 24.6 Å². The van der Waals surface area contributed by atoms with Gasteiger partial charge in [-0.3, -0.25) is 9.69 Å². The Morgan fingerprint density at radius 1 is 0.927 bits per heavy atom. The van der Waals surface area contributed by atoms with E-state index in [1.165, 1.54) is 11.9 Å². The number of methoxy groups -OCH3 is 1. The molecular formula is C32H31F4N3O2. The number of aromatic nitrogens is 2. The van der Waals surface area contributed by atoms with Crippen molar-refractivity contribution in [3.05, 3.63) is 105 Å². The van der Waals surface area contributed by atoms with Crippen LogP contribution in [0.4, 0.5) is 23.4 Å². The maximum Gasteiger partial charge on any atom is 0.232 e. The molecule has 0 aliphatic heterocycles. The molecule has 1 heterocycles. The van der Waals surface area contributed by atoms with Gasteiger partial charge in [0.1, 0.15) is 5.75 Å². The molecule has 4 aromatic rings. The Balaban J connectivity index is 0.00000189. The van der Waals surface area contributed by atoms with Gasteiger partial charge in [0.25, 0.3) is 0 Å². The van der Waals surface area contributed by atoms with Crippen LogP contribution in [0.15, 0.2) is 48.5 Å². The first kappa shape index (κ1) is 29.7. The van der Waals surface area contributed by atoms with Crippen LogP contribution in [0.5, 0.6) is 5.75 Å². The second-order valence-electron chi connectivity index (χ2n) is 9.46. The van der Waals surface area contributed by atoms with Crippen molar-refractivity contribution in [2.24, 2.45) is 0 Å². The number of carbonyl (C=O) groups excluding carboxylic acids is 1. The predicted molar refractivity (Wildman–Crippen MR) is 150 cm³/mol. The highest BCUT2D eigenvalue weighted by Crippen LogP contribution is 2.36. The van der Waals surface area contributed by atoms with E-state index >= 15 is 0 Å². The Labute approximate surface area is 236 Å². The molecule has 5 rings (SSSR count). The quantitative estimate of drug-likeness (QED) is 0.144. The van der Waals surface area contributed by atoms with E-state index in [0.29, 0.717) is 36.3 Å². The lowest BCUT2D eigenvalue weighted by Crippen LogP contribution is -2.31. The number of anilines is 1. The third-order valence-electron chi connectivity index (χ3n) is 7.08. The summed E-state index contributed by atoms with van der Waals surface area (Å²) in [4.78, 5) is 24.3. The van der Waals surface area contributed by atoms with Gasteiger partial charge in [0.2, 0.25) is 5.91 Å². The van der Waals surface area contributed by atoms with E-state index in [1.54, 1.807) is 7.11 Å². The minimum Gasteiger partial charge on any atom is -0.497 e. The first-order valence-corrected chi connectivity index (χ1v) is 13.4. The summed E-state index contributed by atoms with van der Waals surface area (Å²) in [5.74, 6) is -6.62. The number of nitrogens with zero attached hydrogens (tertiary/aromatic N) is 3. The first-order valence-electron chi connectivity index (χ1n) is 13.4. The molecule has 214 valence electrons. The Bertz CT molecular complexity index is 1560. The van der Waals surface area contributed by atoms with E-state index in [2.05, 4.69) is 0 Å². The lowest BCUT2D eigenvalue weighted by atomic mass is 9.91. The van der Waals surface area contributed by atoms with E-state index in [0.717, 1.165) is 29.4 Å². The molecule has 41 heavy (non-hydrogen) atoms. The number of amides is 1. The zero-order chi connectivity index (χ0) is 29.8. The van der Waals surface area contributed by atoms with Crippen LogP contribution < -0.4 is 9.64 Å². The molecule has 0 spiro atoms. The maximum atomic E-state index is 14.5. The molecule has 0 unspecified atom stereocenters. The van der Waals surface area contributed by atoms with Crippen LogP contribution in [0.2, 0.25) is 0 Å². The highest BCUT2D eigenvalue weighted by Gasteiger charge is 2.28. The van der Waals surface area contributed by atoms with Crippen LogP contribution >= 0.6 is 0 Å². The number of hydrogen-bond donors (Lipinski definition) is 0. The molecule has 1 aliphatic carbocycles. The minimum absolute atomic E-state index is 0.265. The third-order valence-corrected chi connectivity index (χ3v) is 7.08. The van der Waals surface area contributed by atoms with Gasteiger partial charge < -0.3 is 4.74 Å². The topological polar surface area (TPSA) is 55.3 Å². The highest BCUT2D eigenvalue weighted by molar-refractivity contribution is 5.94. The van der Waals surface area contributed by atoms with Gasteiger partial charge in [-0.15, -0.1) is 0 Å². The maximum absolute atomic E-state index is 14.5. The number of likely N-dealkylation sites (N-methyl/N-ethyl adjacent to an activating group) is 1. The largest absolute Gasteiger partial charge is 0.497 e. The van der Waals surface area contributed by atoms with E-state index in [4.69, 9.17) is 14.7 Å². The second kappa shape index (κ2) is 12.5. The molecule has 9 heteroatoms. The molecule has 0 saturated carbocycles.